The van der Waals surface area contributed by atoms with Crippen molar-refractivity contribution < 1.29 is 19.4 Å². The first-order chi connectivity index (χ1) is 10.4. The highest BCUT2D eigenvalue weighted by Crippen LogP contribution is 2.11. The molecular weight excluding hydrogens is 284 g/mol. The summed E-state index contributed by atoms with van der Waals surface area (Å²) in [5.41, 5.74) is 0.887. The molecule has 0 spiro atoms. The van der Waals surface area contributed by atoms with Crippen molar-refractivity contribution in [2.75, 3.05) is 7.11 Å². The van der Waals surface area contributed by atoms with Crippen LogP contribution in [0.2, 0.25) is 0 Å². The normalized spacial score (nSPS) is 12.2. The summed E-state index contributed by atoms with van der Waals surface area (Å²) in [6.07, 6.45) is 3.55. The lowest BCUT2D eigenvalue weighted by Gasteiger charge is -2.15. The van der Waals surface area contributed by atoms with Gasteiger partial charge < -0.3 is 20.5 Å². The van der Waals surface area contributed by atoms with E-state index in [0.717, 1.165) is 11.3 Å². The summed E-state index contributed by atoms with van der Waals surface area (Å²) >= 11 is 0. The van der Waals surface area contributed by atoms with Gasteiger partial charge in [0.25, 0.3) is 0 Å². The van der Waals surface area contributed by atoms with Gasteiger partial charge in [0.15, 0.2) is 0 Å². The molecule has 0 radical (unpaired) electrons. The number of methoxy groups -OCH3 is 1. The number of urea groups is 1. The first-order valence-corrected chi connectivity index (χ1v) is 7.02. The molecule has 3 N–H and O–H groups in total. The molecule has 2 amide bonds. The van der Waals surface area contributed by atoms with Crippen LogP contribution in [0.25, 0.3) is 6.08 Å². The van der Waals surface area contributed by atoms with E-state index in [9.17, 15) is 9.59 Å². The van der Waals surface area contributed by atoms with Crippen LogP contribution in [0.4, 0.5) is 4.79 Å². The fraction of sp³-hybridized carbons (Fsp3) is 0.375. The maximum Gasteiger partial charge on any atom is 0.326 e. The van der Waals surface area contributed by atoms with Gasteiger partial charge in [-0.15, -0.1) is 0 Å². The van der Waals surface area contributed by atoms with Crippen molar-refractivity contribution in [2.45, 2.75) is 26.3 Å². The summed E-state index contributed by atoms with van der Waals surface area (Å²) in [6, 6.07) is 5.86. The van der Waals surface area contributed by atoms with Crippen LogP contribution in [0, 0.1) is 5.92 Å². The van der Waals surface area contributed by atoms with Crippen molar-refractivity contribution in [1.82, 2.24) is 10.6 Å². The highest BCUT2D eigenvalue weighted by atomic mass is 16.5. The fourth-order valence-electron chi connectivity index (χ4n) is 1.82. The third kappa shape index (κ3) is 6.30. The molecule has 0 saturated carbocycles. The molecule has 1 unspecified atom stereocenters. The molecule has 6 nitrogen and oxygen atoms in total. The molecule has 22 heavy (non-hydrogen) atoms. The van der Waals surface area contributed by atoms with Gasteiger partial charge in [0.2, 0.25) is 0 Å². The third-order valence-electron chi connectivity index (χ3n) is 2.92. The zero-order valence-electron chi connectivity index (χ0n) is 13.0. The van der Waals surface area contributed by atoms with Crippen molar-refractivity contribution in [3.8, 4) is 5.75 Å². The number of aliphatic carboxylic acids is 1. The molecule has 0 aliphatic rings. The Kier molecular flexibility index (Phi) is 6.95. The van der Waals surface area contributed by atoms with Crippen LogP contribution in [0.15, 0.2) is 30.5 Å². The smallest absolute Gasteiger partial charge is 0.326 e. The Labute approximate surface area is 130 Å². The first-order valence-electron chi connectivity index (χ1n) is 7.02. The first kappa shape index (κ1) is 17.6. The van der Waals surface area contributed by atoms with Crippen molar-refractivity contribution in [3.63, 3.8) is 0 Å². The van der Waals surface area contributed by atoms with Gasteiger partial charge in [0.05, 0.1) is 7.11 Å². The maximum atomic E-state index is 11.7. The summed E-state index contributed by atoms with van der Waals surface area (Å²) in [6.45, 7) is 3.80. The number of benzene rings is 1. The average Bonchev–Trinajstić information content (AvgIpc) is 2.46. The number of nitrogens with one attached hydrogen (secondary N) is 2. The molecular formula is C16H22N2O4. The van der Waals surface area contributed by atoms with Crippen LogP contribution >= 0.6 is 0 Å². The molecule has 0 bridgehead atoms. The summed E-state index contributed by atoms with van der Waals surface area (Å²) in [4.78, 5) is 22.7. The van der Waals surface area contributed by atoms with Gasteiger partial charge in [-0.2, -0.15) is 0 Å². The van der Waals surface area contributed by atoms with Crippen LogP contribution in [0.5, 0.6) is 5.75 Å². The topological polar surface area (TPSA) is 87.7 Å². The van der Waals surface area contributed by atoms with Gasteiger partial charge in [-0.05, 0) is 36.1 Å². The molecule has 0 saturated heterocycles. The van der Waals surface area contributed by atoms with Crippen molar-refractivity contribution in [2.24, 2.45) is 5.92 Å². The van der Waals surface area contributed by atoms with Crippen molar-refractivity contribution in [1.29, 1.82) is 0 Å². The largest absolute Gasteiger partial charge is 0.497 e. The summed E-state index contributed by atoms with van der Waals surface area (Å²) < 4.78 is 5.05. The van der Waals surface area contributed by atoms with Crippen LogP contribution in [0.3, 0.4) is 0 Å². The quantitative estimate of drug-likeness (QED) is 0.722. The number of amides is 2. The fourth-order valence-corrected chi connectivity index (χ4v) is 1.82. The minimum atomic E-state index is -1.04. The minimum Gasteiger partial charge on any atom is -0.497 e. The second kappa shape index (κ2) is 8.71. The number of hydrogen-bond acceptors (Lipinski definition) is 3. The van der Waals surface area contributed by atoms with E-state index in [-0.39, 0.29) is 5.92 Å². The minimum absolute atomic E-state index is 0.177. The number of carbonyl (C=O) groups excluding carboxylic acids is 1. The lowest BCUT2D eigenvalue weighted by atomic mass is 10.0. The second-order valence-electron chi connectivity index (χ2n) is 5.24. The lowest BCUT2D eigenvalue weighted by molar-refractivity contribution is -0.139. The van der Waals surface area contributed by atoms with Gasteiger partial charge in [-0.25, -0.2) is 9.59 Å². The molecule has 0 aliphatic carbocycles. The molecule has 1 rings (SSSR count). The molecule has 0 fully saturated rings. The van der Waals surface area contributed by atoms with E-state index in [4.69, 9.17) is 9.84 Å². The lowest BCUT2D eigenvalue weighted by Crippen LogP contribution is -2.45. The van der Waals surface area contributed by atoms with Crippen LogP contribution < -0.4 is 15.4 Å². The highest BCUT2D eigenvalue weighted by Gasteiger charge is 2.20. The Morgan fingerprint density at radius 1 is 1.27 bits per heavy atom. The Morgan fingerprint density at radius 2 is 1.91 bits per heavy atom. The molecule has 1 aromatic carbocycles. The Balaban J connectivity index is 2.49. The summed E-state index contributed by atoms with van der Waals surface area (Å²) in [5, 5.41) is 14.0. The number of carbonyl (C=O) groups is 2. The zero-order valence-corrected chi connectivity index (χ0v) is 13.0. The van der Waals surface area contributed by atoms with Gasteiger partial charge in [-0.3, -0.25) is 0 Å². The van der Waals surface area contributed by atoms with E-state index >= 15 is 0 Å². The molecule has 1 atom stereocenters. The summed E-state index contributed by atoms with van der Waals surface area (Å²) in [5.74, 6) is -0.111. The standard InChI is InChI=1S/C16H22N2O4/c1-11(2)10-14(15(19)20)18-16(21)17-9-8-12-4-6-13(22-3)7-5-12/h4-9,11,14H,10H2,1-3H3,(H,19,20)(H2,17,18,21)/b9-8+. The molecule has 0 heterocycles. The Bertz CT molecular complexity index is 523. The second-order valence-corrected chi connectivity index (χ2v) is 5.24. The van der Waals surface area contributed by atoms with Gasteiger partial charge in [0, 0.05) is 6.20 Å². The molecule has 0 aliphatic heterocycles. The number of carboxylic acid groups (broad SMARTS) is 1. The van der Waals surface area contributed by atoms with Crippen LogP contribution in [-0.2, 0) is 4.79 Å². The van der Waals surface area contributed by atoms with E-state index in [0.29, 0.717) is 6.42 Å². The van der Waals surface area contributed by atoms with Crippen LogP contribution in [-0.4, -0.2) is 30.3 Å². The van der Waals surface area contributed by atoms with Gasteiger partial charge >= 0.3 is 12.0 Å². The Morgan fingerprint density at radius 3 is 2.41 bits per heavy atom. The van der Waals surface area contributed by atoms with Gasteiger partial charge in [-0.1, -0.05) is 26.0 Å². The van der Waals surface area contributed by atoms with Crippen LogP contribution in [0.1, 0.15) is 25.8 Å². The van der Waals surface area contributed by atoms with Gasteiger partial charge in [0.1, 0.15) is 11.8 Å². The predicted molar refractivity (Wildman–Crippen MR) is 84.6 cm³/mol. The van der Waals surface area contributed by atoms with E-state index < -0.39 is 18.0 Å². The highest BCUT2D eigenvalue weighted by molar-refractivity contribution is 5.83. The van der Waals surface area contributed by atoms with E-state index in [2.05, 4.69) is 10.6 Å². The molecule has 0 aromatic heterocycles. The van der Waals surface area contributed by atoms with Crippen molar-refractivity contribution >= 4 is 18.1 Å². The van der Waals surface area contributed by atoms with E-state index in [1.807, 2.05) is 38.1 Å². The molecule has 6 heteroatoms. The van der Waals surface area contributed by atoms with E-state index in [1.165, 1.54) is 6.20 Å². The summed E-state index contributed by atoms with van der Waals surface area (Å²) in [7, 11) is 1.59. The number of hydrogen-bond donors (Lipinski definition) is 3. The third-order valence-corrected chi connectivity index (χ3v) is 2.92. The number of rotatable bonds is 7. The monoisotopic (exact) mass is 306 g/mol. The zero-order chi connectivity index (χ0) is 16.5. The number of carboxylic acids is 1. The predicted octanol–water partition coefficient (Wildman–Crippen LogP) is 2.46. The molecule has 1 aromatic rings. The average molecular weight is 306 g/mol. The van der Waals surface area contributed by atoms with E-state index in [1.54, 1.807) is 13.2 Å². The Hall–Kier alpha value is -2.50. The number of ether oxygens (including phenoxy) is 1. The molecule has 120 valence electrons. The van der Waals surface area contributed by atoms with Crippen molar-refractivity contribution in [3.05, 3.63) is 36.0 Å². The SMILES string of the molecule is COc1ccc(/C=C/NC(=O)NC(CC(C)C)C(=O)O)cc1. The maximum absolute atomic E-state index is 11.7.